The summed E-state index contributed by atoms with van der Waals surface area (Å²) in [5, 5.41) is 13.1. The van der Waals surface area contributed by atoms with Crippen molar-refractivity contribution in [3.05, 3.63) is 29.5 Å². The molecule has 1 aromatic heterocycles. The molecule has 2 heterocycles. The number of nitrogens with zero attached hydrogens (tertiary/aromatic N) is 2. The van der Waals surface area contributed by atoms with Gasteiger partial charge in [0, 0.05) is 19.0 Å². The lowest BCUT2D eigenvalue weighted by molar-refractivity contribution is -0.117. The van der Waals surface area contributed by atoms with Gasteiger partial charge in [-0.3, -0.25) is 4.79 Å². The number of carbonyl (C=O) groups excluding carboxylic acids is 1. The highest BCUT2D eigenvalue weighted by Gasteiger charge is 2.35. The van der Waals surface area contributed by atoms with Gasteiger partial charge in [-0.2, -0.15) is 4.31 Å². The van der Waals surface area contributed by atoms with E-state index in [1.54, 1.807) is 13.0 Å². The van der Waals surface area contributed by atoms with Crippen molar-refractivity contribution in [1.29, 1.82) is 0 Å². The number of aryl methyl sites for hydroxylation is 2. The molecular weight excluding hydrogens is 446 g/mol. The van der Waals surface area contributed by atoms with Gasteiger partial charge < -0.3 is 10.4 Å². The second-order valence-corrected chi connectivity index (χ2v) is 11.8. The van der Waals surface area contributed by atoms with Crippen LogP contribution >= 0.6 is 11.3 Å². The summed E-state index contributed by atoms with van der Waals surface area (Å²) in [6.07, 6.45) is 6.59. The van der Waals surface area contributed by atoms with E-state index in [9.17, 15) is 18.3 Å². The SMILES string of the molecule is Cc1ccc(-c2sc(NC(=O)CC3CCCC3)nc2C)cc1S(=O)(=O)N1CCC[C@H]1CO. The molecule has 1 aliphatic heterocycles. The number of hydrogen-bond acceptors (Lipinski definition) is 6. The maximum atomic E-state index is 13.4. The van der Waals surface area contributed by atoms with Crippen LogP contribution in [0.25, 0.3) is 10.4 Å². The third-order valence-corrected chi connectivity index (χ3v) is 9.78. The molecule has 2 N–H and O–H groups in total. The van der Waals surface area contributed by atoms with Gasteiger partial charge in [0.15, 0.2) is 5.13 Å². The monoisotopic (exact) mass is 477 g/mol. The number of sulfonamides is 1. The smallest absolute Gasteiger partial charge is 0.243 e. The number of amides is 1. The molecule has 0 unspecified atom stereocenters. The molecule has 0 spiro atoms. The topological polar surface area (TPSA) is 99.6 Å². The van der Waals surface area contributed by atoms with Crippen LogP contribution in [0.15, 0.2) is 23.1 Å². The quantitative estimate of drug-likeness (QED) is 0.626. The number of aliphatic hydroxyl groups is 1. The van der Waals surface area contributed by atoms with Crippen LogP contribution in [-0.4, -0.2) is 47.9 Å². The van der Waals surface area contributed by atoms with Gasteiger partial charge in [0.2, 0.25) is 15.9 Å². The Morgan fingerprint density at radius 1 is 1.22 bits per heavy atom. The molecule has 0 radical (unpaired) electrons. The van der Waals surface area contributed by atoms with Gasteiger partial charge in [-0.25, -0.2) is 13.4 Å². The fourth-order valence-electron chi connectivity index (χ4n) is 4.82. The molecular formula is C23H31N3O4S2. The lowest BCUT2D eigenvalue weighted by Gasteiger charge is -2.23. The van der Waals surface area contributed by atoms with E-state index in [0.29, 0.717) is 36.0 Å². The number of benzene rings is 1. The molecule has 0 bridgehead atoms. The number of aromatic nitrogens is 1. The normalized spacial score (nSPS) is 20.2. The van der Waals surface area contributed by atoms with Crippen molar-refractivity contribution in [3.63, 3.8) is 0 Å². The number of aliphatic hydroxyl groups excluding tert-OH is 1. The Labute approximate surface area is 193 Å². The van der Waals surface area contributed by atoms with Crippen molar-refractivity contribution in [2.24, 2.45) is 5.92 Å². The molecule has 2 aromatic rings. The highest BCUT2D eigenvalue weighted by Crippen LogP contribution is 2.36. The fourth-order valence-corrected chi connectivity index (χ4v) is 7.73. The molecule has 7 nitrogen and oxygen atoms in total. The van der Waals surface area contributed by atoms with E-state index in [4.69, 9.17) is 0 Å². The molecule has 32 heavy (non-hydrogen) atoms. The van der Waals surface area contributed by atoms with Crippen LogP contribution in [0, 0.1) is 19.8 Å². The summed E-state index contributed by atoms with van der Waals surface area (Å²) in [4.78, 5) is 18.0. The van der Waals surface area contributed by atoms with E-state index in [-0.39, 0.29) is 23.5 Å². The lowest BCUT2D eigenvalue weighted by Crippen LogP contribution is -2.37. The maximum Gasteiger partial charge on any atom is 0.243 e. The molecule has 2 aliphatic rings. The third-order valence-electron chi connectivity index (χ3n) is 6.56. The summed E-state index contributed by atoms with van der Waals surface area (Å²) >= 11 is 1.37. The molecule has 1 aliphatic carbocycles. The zero-order valence-electron chi connectivity index (χ0n) is 18.6. The summed E-state index contributed by atoms with van der Waals surface area (Å²) in [5.74, 6) is 0.460. The molecule has 1 atom stereocenters. The lowest BCUT2D eigenvalue weighted by atomic mass is 10.0. The average molecular weight is 478 g/mol. The zero-order chi connectivity index (χ0) is 22.9. The van der Waals surface area contributed by atoms with E-state index in [1.807, 2.05) is 19.1 Å². The first-order valence-electron chi connectivity index (χ1n) is 11.3. The van der Waals surface area contributed by atoms with Crippen molar-refractivity contribution in [2.45, 2.75) is 69.7 Å². The van der Waals surface area contributed by atoms with Crippen LogP contribution in [0.3, 0.4) is 0 Å². The molecule has 2 fully saturated rings. The van der Waals surface area contributed by atoms with Gasteiger partial charge >= 0.3 is 0 Å². The molecule has 1 saturated heterocycles. The van der Waals surface area contributed by atoms with E-state index >= 15 is 0 Å². The highest BCUT2D eigenvalue weighted by molar-refractivity contribution is 7.89. The van der Waals surface area contributed by atoms with Crippen LogP contribution in [0.5, 0.6) is 0 Å². The van der Waals surface area contributed by atoms with Crippen molar-refractivity contribution in [3.8, 4) is 10.4 Å². The molecule has 1 amide bonds. The maximum absolute atomic E-state index is 13.4. The van der Waals surface area contributed by atoms with E-state index in [2.05, 4.69) is 10.3 Å². The largest absolute Gasteiger partial charge is 0.395 e. The summed E-state index contributed by atoms with van der Waals surface area (Å²) in [6, 6.07) is 5.04. The molecule has 174 valence electrons. The van der Waals surface area contributed by atoms with Gasteiger partial charge in [0.1, 0.15) is 0 Å². The number of anilines is 1. The highest BCUT2D eigenvalue weighted by atomic mass is 32.2. The Morgan fingerprint density at radius 2 is 1.97 bits per heavy atom. The van der Waals surface area contributed by atoms with Gasteiger partial charge in [0.05, 0.1) is 22.1 Å². The van der Waals surface area contributed by atoms with E-state index < -0.39 is 10.0 Å². The standard InChI is InChI=1S/C23H31N3O4S2/c1-15-9-10-18(13-20(15)32(29,30)26-11-5-8-19(26)14-27)22-16(2)24-23(31-22)25-21(28)12-17-6-3-4-7-17/h9-10,13,17,19,27H,3-8,11-12,14H2,1-2H3,(H,24,25,28)/t19-/m0/s1. The van der Waals surface area contributed by atoms with Crippen LogP contribution in [-0.2, 0) is 14.8 Å². The van der Waals surface area contributed by atoms with Crippen molar-refractivity contribution >= 4 is 32.4 Å². The number of thiazole rings is 1. The molecule has 1 aromatic carbocycles. The Balaban J connectivity index is 1.57. The Kier molecular flexibility index (Phi) is 7.00. The molecule has 1 saturated carbocycles. The first-order valence-corrected chi connectivity index (χ1v) is 13.6. The van der Waals surface area contributed by atoms with Gasteiger partial charge in [-0.05, 0) is 62.6 Å². The van der Waals surface area contributed by atoms with Crippen LogP contribution in [0.1, 0.15) is 56.2 Å². The number of carbonyl (C=O) groups is 1. The minimum Gasteiger partial charge on any atom is -0.395 e. The number of hydrogen-bond donors (Lipinski definition) is 2. The van der Waals surface area contributed by atoms with Crippen molar-refractivity contribution in [2.75, 3.05) is 18.5 Å². The Morgan fingerprint density at radius 3 is 2.69 bits per heavy atom. The first kappa shape index (κ1) is 23.4. The molecule has 4 rings (SSSR count). The zero-order valence-corrected chi connectivity index (χ0v) is 20.3. The van der Waals surface area contributed by atoms with Gasteiger partial charge in [-0.1, -0.05) is 36.3 Å². The number of nitrogens with one attached hydrogen (secondary N) is 1. The average Bonchev–Trinajstić information content (AvgIpc) is 3.49. The summed E-state index contributed by atoms with van der Waals surface area (Å²) < 4.78 is 28.1. The van der Waals surface area contributed by atoms with Gasteiger partial charge in [-0.15, -0.1) is 0 Å². The van der Waals surface area contributed by atoms with Crippen molar-refractivity contribution in [1.82, 2.24) is 9.29 Å². The second kappa shape index (κ2) is 9.59. The first-order chi connectivity index (χ1) is 15.3. The number of rotatable bonds is 7. The predicted octanol–water partition coefficient (Wildman–Crippen LogP) is 4.09. The summed E-state index contributed by atoms with van der Waals surface area (Å²) in [7, 11) is -3.71. The fraction of sp³-hybridized carbons (Fsp3) is 0.565. The van der Waals surface area contributed by atoms with E-state index in [0.717, 1.165) is 35.4 Å². The van der Waals surface area contributed by atoms with E-state index in [1.165, 1.54) is 28.5 Å². The summed E-state index contributed by atoms with van der Waals surface area (Å²) in [6.45, 7) is 3.91. The molecule has 9 heteroatoms. The van der Waals surface area contributed by atoms with Crippen molar-refractivity contribution < 1.29 is 18.3 Å². The minimum atomic E-state index is -3.71. The van der Waals surface area contributed by atoms with Crippen LogP contribution in [0.4, 0.5) is 5.13 Å². The predicted molar refractivity (Wildman–Crippen MR) is 126 cm³/mol. The Bertz CT molecular complexity index is 1090. The Hall–Kier alpha value is -1.81. The van der Waals surface area contributed by atoms with Gasteiger partial charge in [0.25, 0.3) is 0 Å². The van der Waals surface area contributed by atoms with Crippen LogP contribution in [0.2, 0.25) is 0 Å². The second-order valence-electron chi connectivity index (χ2n) is 8.91. The summed E-state index contributed by atoms with van der Waals surface area (Å²) in [5.41, 5.74) is 2.19. The third kappa shape index (κ3) is 4.76. The van der Waals surface area contributed by atoms with Crippen LogP contribution < -0.4 is 5.32 Å². The minimum absolute atomic E-state index is 0.00606.